The molecule has 0 atom stereocenters. The molecule has 0 aliphatic carbocycles. The van der Waals surface area contributed by atoms with Gasteiger partial charge in [-0.3, -0.25) is 9.59 Å². The van der Waals surface area contributed by atoms with Gasteiger partial charge in [-0.05, 0) is 30.3 Å². The third kappa shape index (κ3) is 3.29. The molecule has 2 N–H and O–H groups in total. The summed E-state index contributed by atoms with van der Waals surface area (Å²) in [4.78, 5) is 28.1. The van der Waals surface area contributed by atoms with Crippen molar-refractivity contribution in [3.05, 3.63) is 59.3 Å². The maximum atomic E-state index is 12.2. The Morgan fingerprint density at radius 2 is 2.04 bits per heavy atom. The van der Waals surface area contributed by atoms with Crippen LogP contribution in [0, 0.1) is 0 Å². The van der Waals surface area contributed by atoms with Gasteiger partial charge >= 0.3 is 0 Å². The van der Waals surface area contributed by atoms with Gasteiger partial charge in [0.2, 0.25) is 0 Å². The molecule has 0 spiro atoms. The Bertz CT molecular complexity index is 840. The number of nitrogens with one attached hydrogen (secondary N) is 2. The Hall–Kier alpha value is -2.93. The lowest BCUT2D eigenvalue weighted by Crippen LogP contribution is -2.18. The molecular weight excluding hydrogens is 314 g/mol. The van der Waals surface area contributed by atoms with Crippen molar-refractivity contribution in [3.8, 4) is 10.8 Å². The van der Waals surface area contributed by atoms with Crippen LogP contribution in [0.3, 0.4) is 0 Å². The fraction of sp³-hybridized carbons (Fsp3) is 0.0625. The van der Waals surface area contributed by atoms with E-state index in [1.807, 2.05) is 0 Å². The molecule has 0 saturated heterocycles. The van der Waals surface area contributed by atoms with Gasteiger partial charge in [-0.15, -0.1) is 11.3 Å². The fourth-order valence-electron chi connectivity index (χ4n) is 1.97. The summed E-state index contributed by atoms with van der Waals surface area (Å²) in [5, 5.41) is 7.57. The van der Waals surface area contributed by atoms with Crippen LogP contribution in [-0.2, 0) is 0 Å². The number of furan rings is 1. The van der Waals surface area contributed by atoms with Crippen molar-refractivity contribution in [2.75, 3.05) is 12.4 Å². The van der Waals surface area contributed by atoms with Gasteiger partial charge in [-0.2, -0.15) is 0 Å². The first kappa shape index (κ1) is 15.0. The Kier molecular flexibility index (Phi) is 4.20. The van der Waals surface area contributed by atoms with E-state index in [-0.39, 0.29) is 11.8 Å². The highest BCUT2D eigenvalue weighted by molar-refractivity contribution is 7.13. The van der Waals surface area contributed by atoms with Crippen molar-refractivity contribution in [3.63, 3.8) is 0 Å². The maximum absolute atomic E-state index is 12.2. The average molecular weight is 327 g/mol. The summed E-state index contributed by atoms with van der Waals surface area (Å²) < 4.78 is 5.26. The first-order valence-electron chi connectivity index (χ1n) is 6.80. The molecule has 3 aromatic rings. The second-order valence-electron chi connectivity index (χ2n) is 4.63. The smallest absolute Gasteiger partial charge is 0.275 e. The van der Waals surface area contributed by atoms with Gasteiger partial charge < -0.3 is 15.1 Å². The van der Waals surface area contributed by atoms with Crippen molar-refractivity contribution in [1.82, 2.24) is 10.3 Å². The van der Waals surface area contributed by atoms with E-state index in [1.165, 1.54) is 11.3 Å². The van der Waals surface area contributed by atoms with Crippen molar-refractivity contribution >= 4 is 28.8 Å². The number of amides is 2. The zero-order valence-corrected chi connectivity index (χ0v) is 13.0. The first-order chi connectivity index (χ1) is 11.2. The van der Waals surface area contributed by atoms with Crippen LogP contribution in [0.5, 0.6) is 0 Å². The minimum Gasteiger partial charge on any atom is -0.462 e. The molecule has 7 heteroatoms. The molecule has 6 nitrogen and oxygen atoms in total. The monoisotopic (exact) mass is 327 g/mol. The molecule has 0 unspecified atom stereocenters. The largest absolute Gasteiger partial charge is 0.462 e. The SMILES string of the molecule is CNC(=O)c1cccc(NC(=O)c2csc(-c3ccco3)n2)c1. The number of rotatable bonds is 4. The number of hydrogen-bond donors (Lipinski definition) is 2. The second kappa shape index (κ2) is 6.45. The number of aromatic nitrogens is 1. The Labute approximate surface area is 136 Å². The lowest BCUT2D eigenvalue weighted by Gasteiger charge is -2.05. The van der Waals surface area contributed by atoms with Crippen molar-refractivity contribution in [2.24, 2.45) is 0 Å². The molecular formula is C16H13N3O3S. The highest BCUT2D eigenvalue weighted by Crippen LogP contribution is 2.24. The molecule has 0 saturated carbocycles. The van der Waals surface area contributed by atoms with E-state index in [1.54, 1.807) is 55.1 Å². The Morgan fingerprint density at radius 3 is 2.78 bits per heavy atom. The summed E-state index contributed by atoms with van der Waals surface area (Å²) in [6.45, 7) is 0. The molecule has 2 amide bonds. The van der Waals surface area contributed by atoms with Crippen LogP contribution in [0.25, 0.3) is 10.8 Å². The van der Waals surface area contributed by atoms with E-state index in [2.05, 4.69) is 15.6 Å². The van der Waals surface area contributed by atoms with Gasteiger partial charge in [0.1, 0.15) is 5.69 Å². The maximum Gasteiger partial charge on any atom is 0.275 e. The summed E-state index contributed by atoms with van der Waals surface area (Å²) in [6.07, 6.45) is 1.56. The van der Waals surface area contributed by atoms with Gasteiger partial charge in [0.05, 0.1) is 6.26 Å². The van der Waals surface area contributed by atoms with E-state index in [4.69, 9.17) is 4.42 Å². The lowest BCUT2D eigenvalue weighted by atomic mass is 10.2. The molecule has 2 aromatic heterocycles. The van der Waals surface area contributed by atoms with E-state index in [0.717, 1.165) is 0 Å². The van der Waals surface area contributed by atoms with Crippen molar-refractivity contribution < 1.29 is 14.0 Å². The van der Waals surface area contributed by atoms with Gasteiger partial charge in [-0.1, -0.05) is 6.07 Å². The third-order valence-corrected chi connectivity index (χ3v) is 3.94. The van der Waals surface area contributed by atoms with Crippen LogP contribution in [0.1, 0.15) is 20.8 Å². The van der Waals surface area contributed by atoms with Crippen LogP contribution in [0.4, 0.5) is 5.69 Å². The van der Waals surface area contributed by atoms with E-state index < -0.39 is 0 Å². The highest BCUT2D eigenvalue weighted by Gasteiger charge is 2.14. The van der Waals surface area contributed by atoms with Gasteiger partial charge in [-0.25, -0.2) is 4.98 Å². The molecule has 2 heterocycles. The second-order valence-corrected chi connectivity index (χ2v) is 5.49. The van der Waals surface area contributed by atoms with Crippen molar-refractivity contribution in [2.45, 2.75) is 0 Å². The van der Waals surface area contributed by atoms with Crippen LogP contribution in [0.15, 0.2) is 52.5 Å². The van der Waals surface area contributed by atoms with E-state index in [0.29, 0.717) is 27.7 Å². The first-order valence-corrected chi connectivity index (χ1v) is 7.68. The molecule has 0 fully saturated rings. The number of benzene rings is 1. The quantitative estimate of drug-likeness (QED) is 0.771. The number of thiazole rings is 1. The van der Waals surface area contributed by atoms with Crippen molar-refractivity contribution in [1.29, 1.82) is 0 Å². The standard InChI is InChI=1S/C16H13N3O3S/c1-17-14(20)10-4-2-5-11(8-10)18-15(21)12-9-23-16(19-12)13-6-3-7-22-13/h2-9H,1H3,(H,17,20)(H,18,21). The van der Waals surface area contributed by atoms with Gasteiger partial charge in [0, 0.05) is 23.7 Å². The predicted octanol–water partition coefficient (Wildman–Crippen LogP) is 3.02. The molecule has 3 rings (SSSR count). The molecule has 0 radical (unpaired) electrons. The number of carbonyl (C=O) groups excluding carboxylic acids is 2. The third-order valence-electron chi connectivity index (χ3n) is 3.08. The van der Waals surface area contributed by atoms with Gasteiger partial charge in [0.15, 0.2) is 10.8 Å². The lowest BCUT2D eigenvalue weighted by molar-refractivity contribution is 0.0961. The molecule has 1 aromatic carbocycles. The van der Waals surface area contributed by atoms with Gasteiger partial charge in [0.25, 0.3) is 11.8 Å². The molecule has 23 heavy (non-hydrogen) atoms. The minimum atomic E-state index is -0.340. The van der Waals surface area contributed by atoms with Crippen LogP contribution >= 0.6 is 11.3 Å². The van der Waals surface area contributed by atoms with Crippen LogP contribution in [-0.4, -0.2) is 23.8 Å². The molecule has 0 aliphatic rings. The summed E-state index contributed by atoms with van der Waals surface area (Å²) in [5.41, 5.74) is 1.30. The van der Waals surface area contributed by atoms with E-state index in [9.17, 15) is 9.59 Å². The number of nitrogens with zero attached hydrogens (tertiary/aromatic N) is 1. The highest BCUT2D eigenvalue weighted by atomic mass is 32.1. The zero-order chi connectivity index (χ0) is 16.2. The van der Waals surface area contributed by atoms with Crippen LogP contribution in [0.2, 0.25) is 0 Å². The average Bonchev–Trinajstić information content (AvgIpc) is 3.25. The number of carbonyl (C=O) groups is 2. The minimum absolute atomic E-state index is 0.213. The fourth-order valence-corrected chi connectivity index (χ4v) is 2.74. The van der Waals surface area contributed by atoms with Crippen LogP contribution < -0.4 is 10.6 Å². The molecule has 0 aliphatic heterocycles. The predicted molar refractivity (Wildman–Crippen MR) is 87.6 cm³/mol. The summed E-state index contributed by atoms with van der Waals surface area (Å²) in [7, 11) is 1.55. The normalized spacial score (nSPS) is 10.3. The number of anilines is 1. The topological polar surface area (TPSA) is 84.2 Å². The Balaban J connectivity index is 1.76. The molecule has 116 valence electrons. The number of hydrogen-bond acceptors (Lipinski definition) is 5. The summed E-state index contributed by atoms with van der Waals surface area (Å²) in [5.74, 6) is 0.0682. The Morgan fingerprint density at radius 1 is 1.17 bits per heavy atom. The molecule has 0 bridgehead atoms. The zero-order valence-electron chi connectivity index (χ0n) is 12.2. The summed E-state index contributed by atoms with van der Waals surface area (Å²) >= 11 is 1.33. The summed E-state index contributed by atoms with van der Waals surface area (Å²) in [6, 6.07) is 10.2. The van der Waals surface area contributed by atoms with E-state index >= 15 is 0 Å².